The highest BCUT2D eigenvalue weighted by molar-refractivity contribution is 5.38. The van der Waals surface area contributed by atoms with Crippen LogP contribution in [0.4, 0.5) is 5.82 Å². The molecule has 2 heterocycles. The van der Waals surface area contributed by atoms with Crippen LogP contribution < -0.4 is 5.32 Å². The summed E-state index contributed by atoms with van der Waals surface area (Å²) in [6.07, 6.45) is 0.160. The molecular weight excluding hydrogens is 292 g/mol. The van der Waals surface area contributed by atoms with E-state index in [1.807, 2.05) is 6.07 Å². The lowest BCUT2D eigenvalue weighted by atomic mass is 9.95. The Bertz CT molecular complexity index is 516. The van der Waals surface area contributed by atoms with Crippen LogP contribution >= 0.6 is 0 Å². The SMILES string of the molecule is COCc1cc(N[C@H](C)[C@@H]2CN(C)CCO2)nc(C(C)(C)C)n1. The molecule has 1 N–H and O–H groups in total. The third kappa shape index (κ3) is 5.12. The largest absolute Gasteiger partial charge is 0.378 e. The zero-order valence-electron chi connectivity index (χ0n) is 15.2. The van der Waals surface area contributed by atoms with E-state index in [0.717, 1.165) is 37.0 Å². The summed E-state index contributed by atoms with van der Waals surface area (Å²) in [6.45, 7) is 11.7. The number of anilines is 1. The summed E-state index contributed by atoms with van der Waals surface area (Å²) in [7, 11) is 3.81. The summed E-state index contributed by atoms with van der Waals surface area (Å²) in [5.41, 5.74) is 0.786. The first-order chi connectivity index (χ1) is 10.8. The lowest BCUT2D eigenvalue weighted by Gasteiger charge is -2.34. The van der Waals surface area contributed by atoms with Gasteiger partial charge in [-0.25, -0.2) is 9.97 Å². The molecule has 0 saturated carbocycles. The summed E-state index contributed by atoms with van der Waals surface area (Å²) < 4.78 is 11.1. The molecule has 2 rings (SSSR count). The zero-order chi connectivity index (χ0) is 17.0. The number of aromatic nitrogens is 2. The van der Waals surface area contributed by atoms with Gasteiger partial charge in [0.05, 0.1) is 31.1 Å². The smallest absolute Gasteiger partial charge is 0.136 e. The van der Waals surface area contributed by atoms with Gasteiger partial charge in [-0.15, -0.1) is 0 Å². The van der Waals surface area contributed by atoms with Gasteiger partial charge < -0.3 is 19.7 Å². The highest BCUT2D eigenvalue weighted by atomic mass is 16.5. The second-order valence-electron chi connectivity index (χ2n) is 7.36. The van der Waals surface area contributed by atoms with E-state index in [1.165, 1.54) is 0 Å². The molecule has 1 saturated heterocycles. The normalized spacial score (nSPS) is 21.2. The van der Waals surface area contributed by atoms with Crippen LogP contribution in [0.5, 0.6) is 0 Å². The first-order valence-corrected chi connectivity index (χ1v) is 8.23. The Morgan fingerprint density at radius 2 is 2.17 bits per heavy atom. The minimum atomic E-state index is -0.106. The number of likely N-dealkylation sites (N-methyl/N-ethyl adjacent to an activating group) is 1. The third-order valence-corrected chi connectivity index (χ3v) is 3.97. The summed E-state index contributed by atoms with van der Waals surface area (Å²) in [5.74, 6) is 1.66. The standard InChI is InChI=1S/C17H30N4O2/c1-12(14-10-21(5)7-8-23-14)18-15-9-13(11-22-6)19-16(20-15)17(2,3)4/h9,12,14H,7-8,10-11H2,1-6H3,(H,18,19,20)/t12-,14+/m1/s1. The minimum absolute atomic E-state index is 0.106. The predicted octanol–water partition coefficient (Wildman–Crippen LogP) is 2.05. The number of rotatable bonds is 5. The Morgan fingerprint density at radius 1 is 1.43 bits per heavy atom. The molecular formula is C17H30N4O2. The third-order valence-electron chi connectivity index (χ3n) is 3.97. The van der Waals surface area contributed by atoms with Crippen molar-refractivity contribution in [2.45, 2.75) is 51.9 Å². The molecule has 2 atom stereocenters. The fourth-order valence-electron chi connectivity index (χ4n) is 2.57. The Kier molecular flexibility index (Phi) is 5.95. The zero-order valence-corrected chi connectivity index (χ0v) is 15.2. The summed E-state index contributed by atoms with van der Waals surface area (Å²) in [5, 5.41) is 3.49. The average Bonchev–Trinajstić information content (AvgIpc) is 2.46. The van der Waals surface area contributed by atoms with Crippen LogP contribution in [0.3, 0.4) is 0 Å². The molecule has 0 aromatic carbocycles. The number of hydrogen-bond acceptors (Lipinski definition) is 6. The van der Waals surface area contributed by atoms with Gasteiger partial charge in [-0.3, -0.25) is 0 Å². The fourth-order valence-corrected chi connectivity index (χ4v) is 2.57. The van der Waals surface area contributed by atoms with E-state index in [9.17, 15) is 0 Å². The monoisotopic (exact) mass is 322 g/mol. The predicted molar refractivity (Wildman–Crippen MR) is 91.8 cm³/mol. The number of methoxy groups -OCH3 is 1. The number of nitrogens with one attached hydrogen (secondary N) is 1. The highest BCUT2D eigenvalue weighted by Gasteiger charge is 2.25. The van der Waals surface area contributed by atoms with Gasteiger partial charge in [0.25, 0.3) is 0 Å². The van der Waals surface area contributed by atoms with Crippen molar-refractivity contribution < 1.29 is 9.47 Å². The van der Waals surface area contributed by atoms with E-state index in [-0.39, 0.29) is 17.6 Å². The van der Waals surface area contributed by atoms with Crippen molar-refractivity contribution in [1.82, 2.24) is 14.9 Å². The molecule has 0 radical (unpaired) electrons. The molecule has 0 aliphatic carbocycles. The van der Waals surface area contributed by atoms with Crippen LogP contribution in [0.15, 0.2) is 6.07 Å². The van der Waals surface area contributed by atoms with Crippen molar-refractivity contribution in [2.75, 3.05) is 39.2 Å². The molecule has 6 heteroatoms. The topological polar surface area (TPSA) is 59.5 Å². The van der Waals surface area contributed by atoms with E-state index in [0.29, 0.717) is 6.61 Å². The van der Waals surface area contributed by atoms with E-state index < -0.39 is 0 Å². The van der Waals surface area contributed by atoms with E-state index >= 15 is 0 Å². The Balaban J connectivity index is 2.15. The Morgan fingerprint density at radius 3 is 2.78 bits per heavy atom. The van der Waals surface area contributed by atoms with Gasteiger partial charge in [0.2, 0.25) is 0 Å². The van der Waals surface area contributed by atoms with Gasteiger partial charge in [-0.2, -0.15) is 0 Å². The highest BCUT2D eigenvalue weighted by Crippen LogP contribution is 2.22. The molecule has 130 valence electrons. The molecule has 1 aromatic heterocycles. The second kappa shape index (κ2) is 7.55. The fraction of sp³-hybridized carbons (Fsp3) is 0.765. The van der Waals surface area contributed by atoms with Gasteiger partial charge in [-0.1, -0.05) is 20.8 Å². The van der Waals surface area contributed by atoms with E-state index in [4.69, 9.17) is 14.5 Å². The maximum atomic E-state index is 5.89. The maximum Gasteiger partial charge on any atom is 0.136 e. The molecule has 1 aromatic rings. The van der Waals surface area contributed by atoms with E-state index in [1.54, 1.807) is 7.11 Å². The van der Waals surface area contributed by atoms with Crippen molar-refractivity contribution in [1.29, 1.82) is 0 Å². The molecule has 0 bridgehead atoms. The van der Waals surface area contributed by atoms with Crippen LogP contribution in [0.1, 0.15) is 39.2 Å². The molecule has 1 aliphatic rings. The summed E-state index contributed by atoms with van der Waals surface area (Å²) in [6, 6.07) is 2.14. The van der Waals surface area contributed by atoms with Gasteiger partial charge >= 0.3 is 0 Å². The number of nitrogens with zero attached hydrogens (tertiary/aromatic N) is 3. The van der Waals surface area contributed by atoms with Crippen LogP contribution in [0.2, 0.25) is 0 Å². The average molecular weight is 322 g/mol. The molecule has 0 spiro atoms. The first kappa shape index (κ1) is 18.1. The van der Waals surface area contributed by atoms with E-state index in [2.05, 4.69) is 49.9 Å². The van der Waals surface area contributed by atoms with Gasteiger partial charge in [0, 0.05) is 31.7 Å². The summed E-state index contributed by atoms with van der Waals surface area (Å²) >= 11 is 0. The van der Waals surface area contributed by atoms with Crippen LogP contribution in [0, 0.1) is 0 Å². The van der Waals surface area contributed by atoms with Crippen molar-refractivity contribution in [3.63, 3.8) is 0 Å². The lowest BCUT2D eigenvalue weighted by molar-refractivity contribution is -0.0260. The van der Waals surface area contributed by atoms with Gasteiger partial charge in [-0.05, 0) is 14.0 Å². The van der Waals surface area contributed by atoms with Gasteiger partial charge in [0.15, 0.2) is 0 Å². The van der Waals surface area contributed by atoms with Crippen molar-refractivity contribution in [3.05, 3.63) is 17.6 Å². The van der Waals surface area contributed by atoms with Crippen LogP contribution in [-0.2, 0) is 21.5 Å². The van der Waals surface area contributed by atoms with Gasteiger partial charge in [0.1, 0.15) is 11.6 Å². The quantitative estimate of drug-likeness (QED) is 0.895. The Hall–Kier alpha value is -1.24. The van der Waals surface area contributed by atoms with Crippen molar-refractivity contribution in [2.24, 2.45) is 0 Å². The van der Waals surface area contributed by atoms with Crippen molar-refractivity contribution >= 4 is 5.82 Å². The molecule has 0 amide bonds. The molecule has 0 unspecified atom stereocenters. The lowest BCUT2D eigenvalue weighted by Crippen LogP contribution is -2.47. The number of hydrogen-bond donors (Lipinski definition) is 1. The van der Waals surface area contributed by atoms with Crippen LogP contribution in [0.25, 0.3) is 0 Å². The summed E-state index contributed by atoms with van der Waals surface area (Å²) in [4.78, 5) is 11.6. The molecule has 6 nitrogen and oxygen atoms in total. The van der Waals surface area contributed by atoms with Crippen LogP contribution in [-0.4, -0.2) is 60.9 Å². The molecule has 1 aliphatic heterocycles. The Labute approximate surface area is 139 Å². The van der Waals surface area contributed by atoms with Crippen molar-refractivity contribution in [3.8, 4) is 0 Å². The number of morpholine rings is 1. The molecule has 1 fully saturated rings. The molecule has 23 heavy (non-hydrogen) atoms. The minimum Gasteiger partial charge on any atom is -0.378 e. The second-order valence-corrected chi connectivity index (χ2v) is 7.36. The first-order valence-electron chi connectivity index (χ1n) is 8.23. The maximum absolute atomic E-state index is 5.89. The number of ether oxygens (including phenoxy) is 2.